The zero-order valence-electron chi connectivity index (χ0n) is 13.4. The van der Waals surface area contributed by atoms with Gasteiger partial charge in [-0.2, -0.15) is 0 Å². The Morgan fingerprint density at radius 1 is 1.20 bits per heavy atom. The number of hydrogen-bond acceptors (Lipinski definition) is 1. The molecule has 0 saturated heterocycles. The molecule has 0 atom stereocenters. The van der Waals surface area contributed by atoms with Crippen molar-refractivity contribution in [1.29, 1.82) is 0 Å². The number of aromatic amines is 1. The van der Waals surface area contributed by atoms with E-state index in [1.165, 1.54) is 16.5 Å². The lowest BCUT2D eigenvalue weighted by Crippen LogP contribution is -2.34. The average Bonchev–Trinajstić information content (AvgIpc) is 3.07. The van der Waals surface area contributed by atoms with E-state index in [2.05, 4.69) is 45.3 Å². The molecule has 1 aromatic heterocycles. The third kappa shape index (κ3) is 3.12. The summed E-state index contributed by atoms with van der Waals surface area (Å²) in [6.07, 6.45) is 5.03. The highest BCUT2D eigenvalue weighted by Gasteiger charge is 2.22. The predicted molar refractivity (Wildman–Crippen MR) is 106 cm³/mol. The summed E-state index contributed by atoms with van der Waals surface area (Å²) in [5.41, 5.74) is 4.18. The van der Waals surface area contributed by atoms with Crippen LogP contribution in [0, 0.1) is 0 Å². The van der Waals surface area contributed by atoms with Gasteiger partial charge in [0.05, 0.1) is 10.6 Å². The van der Waals surface area contributed by atoms with E-state index in [1.807, 2.05) is 23.1 Å². The van der Waals surface area contributed by atoms with Gasteiger partial charge in [0.15, 0.2) is 0 Å². The number of carbonyl (C=O) groups is 1. The van der Waals surface area contributed by atoms with E-state index in [4.69, 9.17) is 11.6 Å². The Morgan fingerprint density at radius 3 is 2.84 bits per heavy atom. The summed E-state index contributed by atoms with van der Waals surface area (Å²) in [6.45, 7) is 1.28. The van der Waals surface area contributed by atoms with Crippen LogP contribution < -0.4 is 0 Å². The summed E-state index contributed by atoms with van der Waals surface area (Å²) in [5.74, 6) is -0.0273. The van der Waals surface area contributed by atoms with E-state index in [-0.39, 0.29) is 5.91 Å². The number of amides is 1. The molecule has 3 nitrogen and oxygen atoms in total. The molecular formula is C20H16BrClN2O. The van der Waals surface area contributed by atoms with Crippen LogP contribution in [-0.2, 0) is 0 Å². The Labute approximate surface area is 159 Å². The lowest BCUT2D eigenvalue weighted by Gasteiger charge is -2.27. The summed E-state index contributed by atoms with van der Waals surface area (Å²) >= 11 is 9.60. The van der Waals surface area contributed by atoms with E-state index in [9.17, 15) is 4.79 Å². The minimum absolute atomic E-state index is 0.0273. The monoisotopic (exact) mass is 414 g/mol. The fourth-order valence-corrected chi connectivity index (χ4v) is 3.83. The molecule has 2 aromatic carbocycles. The first kappa shape index (κ1) is 16.4. The van der Waals surface area contributed by atoms with Gasteiger partial charge in [-0.15, -0.1) is 0 Å². The number of benzene rings is 2. The molecule has 0 saturated carbocycles. The van der Waals surface area contributed by atoms with Gasteiger partial charge in [-0.25, -0.2) is 0 Å². The van der Waals surface area contributed by atoms with Gasteiger partial charge in [0.2, 0.25) is 0 Å². The summed E-state index contributed by atoms with van der Waals surface area (Å²) < 4.78 is 0.854. The number of aromatic nitrogens is 1. The maximum atomic E-state index is 12.8. The number of H-pyrrole nitrogens is 1. The van der Waals surface area contributed by atoms with Crippen molar-refractivity contribution in [2.75, 3.05) is 13.1 Å². The highest BCUT2D eigenvalue weighted by Crippen LogP contribution is 2.30. The molecule has 1 amide bonds. The number of hydrogen-bond donors (Lipinski definition) is 1. The number of halogens is 2. The van der Waals surface area contributed by atoms with E-state index in [0.29, 0.717) is 23.7 Å². The Kier molecular flexibility index (Phi) is 4.40. The number of carbonyl (C=O) groups excluding carboxylic acids is 1. The second-order valence-corrected chi connectivity index (χ2v) is 7.43. The average molecular weight is 416 g/mol. The van der Waals surface area contributed by atoms with Gasteiger partial charge in [0.25, 0.3) is 5.91 Å². The Bertz CT molecular complexity index is 992. The lowest BCUT2D eigenvalue weighted by molar-refractivity contribution is 0.0773. The predicted octanol–water partition coefficient (Wildman–Crippen LogP) is 5.51. The number of nitrogens with zero attached hydrogens (tertiary/aromatic N) is 1. The van der Waals surface area contributed by atoms with Crippen LogP contribution >= 0.6 is 27.5 Å². The molecule has 0 spiro atoms. The van der Waals surface area contributed by atoms with Crippen LogP contribution in [0.25, 0.3) is 16.5 Å². The van der Waals surface area contributed by atoms with Crippen LogP contribution in [-0.4, -0.2) is 28.9 Å². The summed E-state index contributed by atoms with van der Waals surface area (Å²) in [7, 11) is 0. The highest BCUT2D eigenvalue weighted by molar-refractivity contribution is 9.10. The van der Waals surface area contributed by atoms with Crippen molar-refractivity contribution >= 4 is 49.9 Å². The van der Waals surface area contributed by atoms with E-state index < -0.39 is 0 Å². The number of nitrogens with one attached hydrogen (secondary N) is 1. The lowest BCUT2D eigenvalue weighted by atomic mass is 9.98. The summed E-state index contributed by atoms with van der Waals surface area (Å²) in [4.78, 5) is 17.9. The quantitative estimate of drug-likeness (QED) is 0.588. The van der Waals surface area contributed by atoms with Crippen LogP contribution in [0.3, 0.4) is 0 Å². The molecule has 1 aliphatic rings. The van der Waals surface area contributed by atoms with Gasteiger partial charge < -0.3 is 9.88 Å². The van der Waals surface area contributed by atoms with Crippen molar-refractivity contribution in [2.24, 2.45) is 0 Å². The highest BCUT2D eigenvalue weighted by atomic mass is 79.9. The van der Waals surface area contributed by atoms with Crippen molar-refractivity contribution in [1.82, 2.24) is 9.88 Å². The number of para-hydroxylation sites is 1. The summed E-state index contributed by atoms with van der Waals surface area (Å²) in [5, 5.41) is 1.71. The molecule has 4 rings (SSSR count). The first-order valence-corrected chi connectivity index (χ1v) is 9.30. The molecule has 2 heterocycles. The zero-order chi connectivity index (χ0) is 17.4. The van der Waals surface area contributed by atoms with Crippen LogP contribution in [0.5, 0.6) is 0 Å². The van der Waals surface area contributed by atoms with Crippen molar-refractivity contribution in [2.45, 2.75) is 6.42 Å². The Hall–Kier alpha value is -2.04. The Morgan fingerprint density at radius 2 is 2.04 bits per heavy atom. The summed E-state index contributed by atoms with van der Waals surface area (Å²) in [6, 6.07) is 13.6. The first-order valence-electron chi connectivity index (χ1n) is 8.13. The molecule has 3 aromatic rings. The minimum atomic E-state index is -0.0273. The van der Waals surface area contributed by atoms with E-state index in [1.54, 1.807) is 12.1 Å². The molecule has 0 aliphatic carbocycles. The molecule has 0 fully saturated rings. The second-order valence-electron chi connectivity index (χ2n) is 6.10. The largest absolute Gasteiger partial charge is 0.361 e. The van der Waals surface area contributed by atoms with Crippen molar-refractivity contribution in [3.8, 4) is 0 Å². The van der Waals surface area contributed by atoms with Gasteiger partial charge >= 0.3 is 0 Å². The smallest absolute Gasteiger partial charge is 0.255 e. The molecule has 0 radical (unpaired) electrons. The fourth-order valence-electron chi connectivity index (χ4n) is 3.27. The third-order valence-electron chi connectivity index (χ3n) is 4.59. The van der Waals surface area contributed by atoms with Gasteiger partial charge in [-0.1, -0.05) is 51.8 Å². The van der Waals surface area contributed by atoms with Crippen LogP contribution in [0.4, 0.5) is 0 Å². The van der Waals surface area contributed by atoms with Gasteiger partial charge in [0.1, 0.15) is 0 Å². The molecule has 0 unspecified atom stereocenters. The maximum absolute atomic E-state index is 12.8. The topological polar surface area (TPSA) is 36.1 Å². The molecular weight excluding hydrogens is 400 g/mol. The second kappa shape index (κ2) is 6.70. The Balaban J connectivity index is 1.58. The van der Waals surface area contributed by atoms with Gasteiger partial charge in [-0.05, 0) is 36.3 Å². The van der Waals surface area contributed by atoms with Crippen LogP contribution in [0.2, 0.25) is 5.02 Å². The van der Waals surface area contributed by atoms with Gasteiger partial charge in [0, 0.05) is 40.2 Å². The van der Waals surface area contributed by atoms with E-state index >= 15 is 0 Å². The third-order valence-corrected chi connectivity index (χ3v) is 5.41. The standard InChI is InChI=1S/C20H16BrClN2O/c21-14-5-6-18(22)16(11-14)20(25)24-9-7-13(8-10-24)17-12-23-19-4-2-1-3-15(17)19/h1-7,11-12,23H,8-10H2. The van der Waals surface area contributed by atoms with Crippen molar-refractivity contribution in [3.63, 3.8) is 0 Å². The minimum Gasteiger partial charge on any atom is -0.361 e. The van der Waals surface area contributed by atoms with Crippen LogP contribution in [0.15, 0.2) is 59.2 Å². The van der Waals surface area contributed by atoms with Gasteiger partial charge in [-0.3, -0.25) is 4.79 Å². The molecule has 5 heteroatoms. The fraction of sp³-hybridized carbons (Fsp3) is 0.150. The van der Waals surface area contributed by atoms with Crippen molar-refractivity contribution < 1.29 is 4.79 Å². The molecule has 0 bridgehead atoms. The number of fused-ring (bicyclic) bond motifs is 1. The number of rotatable bonds is 2. The van der Waals surface area contributed by atoms with E-state index in [0.717, 1.165) is 16.4 Å². The molecule has 126 valence electrons. The molecule has 1 N–H and O–H groups in total. The van der Waals surface area contributed by atoms with Crippen molar-refractivity contribution in [3.05, 3.63) is 75.4 Å². The van der Waals surface area contributed by atoms with Crippen LogP contribution in [0.1, 0.15) is 22.3 Å². The first-order chi connectivity index (χ1) is 12.1. The molecule has 25 heavy (non-hydrogen) atoms. The zero-order valence-corrected chi connectivity index (χ0v) is 15.8. The SMILES string of the molecule is O=C(c1cc(Br)ccc1Cl)N1CC=C(c2c[nH]c3ccccc23)CC1. The maximum Gasteiger partial charge on any atom is 0.255 e. The normalized spacial score (nSPS) is 14.6. The molecule has 1 aliphatic heterocycles.